The molecule has 0 fully saturated rings. The largest absolute Gasteiger partial charge is 0.483 e. The van der Waals surface area contributed by atoms with Crippen LogP contribution < -0.4 is 4.74 Å². The number of hydrogen-bond donors (Lipinski definition) is 1. The monoisotopic (exact) mass is 324 g/mol. The van der Waals surface area contributed by atoms with Crippen LogP contribution in [-0.4, -0.2) is 16.8 Å². The first-order chi connectivity index (χ1) is 7.33. The molecule has 2 atom stereocenters. The molecule has 0 aliphatic carbocycles. The Bertz CT molecular complexity index is 434. The molecule has 0 bridgehead atoms. The van der Waals surface area contributed by atoms with Gasteiger partial charge in [-0.3, -0.25) is 0 Å². The molecule has 1 aromatic rings. The van der Waals surface area contributed by atoms with E-state index in [0.29, 0.717) is 15.8 Å². The van der Waals surface area contributed by atoms with Crippen LogP contribution >= 0.6 is 39.1 Å². The fourth-order valence-corrected chi connectivity index (χ4v) is 3.26. The maximum Gasteiger partial charge on any atom is 0.143 e. The maximum atomic E-state index is 10.1. The average molecular weight is 326 g/mol. The molecular weight excluding hydrogens is 315 g/mol. The summed E-state index contributed by atoms with van der Waals surface area (Å²) in [6.07, 6.45) is -0.658. The van der Waals surface area contributed by atoms with Gasteiger partial charge in [0.1, 0.15) is 17.5 Å². The zero-order valence-electron chi connectivity index (χ0n) is 8.80. The molecule has 16 heavy (non-hydrogen) atoms. The van der Waals surface area contributed by atoms with Crippen molar-refractivity contribution in [1.29, 1.82) is 0 Å². The third-order valence-electron chi connectivity index (χ3n) is 2.69. The van der Waals surface area contributed by atoms with Gasteiger partial charge >= 0.3 is 0 Å². The SMILES string of the molecule is CC1(C)Oc2c(Cl)cc(Cl)cc2C(Br)C1O. The molecular formula is C11H11BrCl2O2. The fourth-order valence-electron chi connectivity index (χ4n) is 1.74. The van der Waals surface area contributed by atoms with E-state index in [-0.39, 0.29) is 4.83 Å². The van der Waals surface area contributed by atoms with Crippen LogP contribution in [0.4, 0.5) is 0 Å². The van der Waals surface area contributed by atoms with Crippen LogP contribution in [0.25, 0.3) is 0 Å². The standard InChI is InChI=1S/C11H11BrCl2O2/c1-11(2)10(15)8(12)6-3-5(13)4-7(14)9(6)16-11/h3-4,8,10,15H,1-2H3. The lowest BCUT2D eigenvalue weighted by molar-refractivity contribution is -0.0417. The van der Waals surface area contributed by atoms with Crippen molar-refractivity contribution in [1.82, 2.24) is 0 Å². The highest BCUT2D eigenvalue weighted by molar-refractivity contribution is 9.09. The summed E-state index contributed by atoms with van der Waals surface area (Å²) >= 11 is 15.4. The van der Waals surface area contributed by atoms with E-state index in [1.54, 1.807) is 12.1 Å². The van der Waals surface area contributed by atoms with Gasteiger partial charge in [-0.1, -0.05) is 39.1 Å². The average Bonchev–Trinajstić information content (AvgIpc) is 2.17. The first-order valence-corrected chi connectivity index (χ1v) is 6.50. The van der Waals surface area contributed by atoms with Crippen LogP contribution in [-0.2, 0) is 0 Å². The van der Waals surface area contributed by atoms with E-state index in [1.165, 1.54) is 0 Å². The summed E-state index contributed by atoms with van der Waals surface area (Å²) in [5, 5.41) is 11.1. The third kappa shape index (κ3) is 1.94. The van der Waals surface area contributed by atoms with Crippen molar-refractivity contribution in [2.75, 3.05) is 0 Å². The Balaban J connectivity index is 2.59. The van der Waals surface area contributed by atoms with Gasteiger partial charge in [0.05, 0.1) is 9.85 Å². The molecule has 88 valence electrons. The number of ether oxygens (including phenoxy) is 1. The van der Waals surface area contributed by atoms with Crippen molar-refractivity contribution in [3.63, 3.8) is 0 Å². The second-order valence-electron chi connectivity index (χ2n) is 4.36. The van der Waals surface area contributed by atoms with Gasteiger partial charge in [-0.2, -0.15) is 0 Å². The minimum absolute atomic E-state index is 0.234. The quantitative estimate of drug-likeness (QED) is 0.731. The summed E-state index contributed by atoms with van der Waals surface area (Å²) in [4.78, 5) is -0.234. The first-order valence-electron chi connectivity index (χ1n) is 4.83. The molecule has 1 N–H and O–H groups in total. The maximum absolute atomic E-state index is 10.1. The minimum Gasteiger partial charge on any atom is -0.483 e. The van der Waals surface area contributed by atoms with E-state index < -0.39 is 11.7 Å². The van der Waals surface area contributed by atoms with Gasteiger partial charge in [0, 0.05) is 10.6 Å². The molecule has 0 aromatic heterocycles. The lowest BCUT2D eigenvalue weighted by Crippen LogP contribution is -2.47. The lowest BCUT2D eigenvalue weighted by Gasteiger charge is -2.40. The lowest BCUT2D eigenvalue weighted by atomic mass is 9.91. The zero-order valence-corrected chi connectivity index (χ0v) is 11.9. The molecule has 0 saturated heterocycles. The number of benzene rings is 1. The molecule has 1 aliphatic rings. The number of rotatable bonds is 0. The highest BCUT2D eigenvalue weighted by Crippen LogP contribution is 2.48. The number of fused-ring (bicyclic) bond motifs is 1. The predicted octanol–water partition coefficient (Wildman–Crippen LogP) is 3.96. The van der Waals surface area contributed by atoms with E-state index >= 15 is 0 Å². The van der Waals surface area contributed by atoms with E-state index in [1.807, 2.05) is 13.8 Å². The van der Waals surface area contributed by atoms with Crippen LogP contribution in [0.5, 0.6) is 5.75 Å². The van der Waals surface area contributed by atoms with E-state index in [9.17, 15) is 5.11 Å². The molecule has 2 nitrogen and oxygen atoms in total. The van der Waals surface area contributed by atoms with Crippen molar-refractivity contribution < 1.29 is 9.84 Å². The van der Waals surface area contributed by atoms with Gasteiger partial charge < -0.3 is 9.84 Å². The molecule has 0 radical (unpaired) electrons. The van der Waals surface area contributed by atoms with E-state index in [2.05, 4.69) is 15.9 Å². The summed E-state index contributed by atoms with van der Waals surface area (Å²) in [5.74, 6) is 0.586. The Morgan fingerprint density at radius 2 is 2.00 bits per heavy atom. The van der Waals surface area contributed by atoms with Crippen LogP contribution in [0.2, 0.25) is 10.0 Å². The van der Waals surface area contributed by atoms with Crippen molar-refractivity contribution >= 4 is 39.1 Å². The number of hydrogen-bond acceptors (Lipinski definition) is 2. The topological polar surface area (TPSA) is 29.5 Å². The van der Waals surface area contributed by atoms with Crippen molar-refractivity contribution in [3.8, 4) is 5.75 Å². The first kappa shape index (κ1) is 12.5. The highest BCUT2D eigenvalue weighted by atomic mass is 79.9. The van der Waals surface area contributed by atoms with E-state index in [4.69, 9.17) is 27.9 Å². The molecule has 2 unspecified atom stereocenters. The minimum atomic E-state index is -0.682. The Hall–Kier alpha value is 0.0400. The second-order valence-corrected chi connectivity index (χ2v) is 6.19. The number of aliphatic hydroxyl groups is 1. The van der Waals surface area contributed by atoms with Crippen molar-refractivity contribution in [2.45, 2.75) is 30.4 Å². The fraction of sp³-hybridized carbons (Fsp3) is 0.455. The second kappa shape index (κ2) is 4.05. The van der Waals surface area contributed by atoms with Crippen molar-refractivity contribution in [3.05, 3.63) is 27.7 Å². The summed E-state index contributed by atoms with van der Waals surface area (Å²) in [6.45, 7) is 3.64. The Morgan fingerprint density at radius 1 is 1.38 bits per heavy atom. The van der Waals surface area contributed by atoms with Gasteiger partial charge in [0.2, 0.25) is 0 Å². The number of aliphatic hydroxyl groups excluding tert-OH is 1. The molecule has 5 heteroatoms. The van der Waals surface area contributed by atoms with E-state index in [0.717, 1.165) is 5.56 Å². The van der Waals surface area contributed by atoms with Gasteiger partial charge in [0.15, 0.2) is 0 Å². The Kier molecular flexibility index (Phi) is 3.17. The van der Waals surface area contributed by atoms with Crippen molar-refractivity contribution in [2.24, 2.45) is 0 Å². The van der Waals surface area contributed by atoms with Crippen LogP contribution in [0, 0.1) is 0 Å². The zero-order chi connectivity index (χ0) is 12.1. The molecule has 0 amide bonds. The van der Waals surface area contributed by atoms with Gasteiger partial charge in [-0.05, 0) is 26.0 Å². The molecule has 1 heterocycles. The Morgan fingerprint density at radius 3 is 2.62 bits per heavy atom. The van der Waals surface area contributed by atoms with Gasteiger partial charge in [-0.25, -0.2) is 0 Å². The molecule has 0 spiro atoms. The number of halogens is 3. The summed E-state index contributed by atoms with van der Waals surface area (Å²) in [6, 6.07) is 3.39. The molecule has 2 rings (SSSR count). The predicted molar refractivity (Wildman–Crippen MR) is 68.8 cm³/mol. The van der Waals surface area contributed by atoms with Gasteiger partial charge in [-0.15, -0.1) is 0 Å². The smallest absolute Gasteiger partial charge is 0.143 e. The molecule has 1 aliphatic heterocycles. The Labute approximate surface area is 113 Å². The summed E-state index contributed by atoms with van der Waals surface area (Å²) < 4.78 is 5.72. The van der Waals surface area contributed by atoms with Crippen LogP contribution in [0.3, 0.4) is 0 Å². The summed E-state index contributed by atoms with van der Waals surface area (Å²) in [7, 11) is 0. The van der Waals surface area contributed by atoms with Crippen LogP contribution in [0.15, 0.2) is 12.1 Å². The number of alkyl halides is 1. The van der Waals surface area contributed by atoms with Gasteiger partial charge in [0.25, 0.3) is 0 Å². The molecule has 1 aromatic carbocycles. The third-order valence-corrected chi connectivity index (χ3v) is 4.18. The summed E-state index contributed by atoms with van der Waals surface area (Å²) in [5.41, 5.74) is 0.0999. The van der Waals surface area contributed by atoms with Crippen LogP contribution in [0.1, 0.15) is 24.2 Å². The molecule has 0 saturated carbocycles. The highest BCUT2D eigenvalue weighted by Gasteiger charge is 2.42. The normalized spacial score (nSPS) is 27.1.